The van der Waals surface area contributed by atoms with E-state index in [4.69, 9.17) is 10.5 Å². The van der Waals surface area contributed by atoms with Gasteiger partial charge in [0.1, 0.15) is 30.8 Å². The Morgan fingerprint density at radius 1 is 0.932 bits per heavy atom. The number of hydrogen-bond acceptors (Lipinski definition) is 11. The molecular formula is C54H67FN8O10S. The normalized spacial score (nSPS) is 19.4. The van der Waals surface area contributed by atoms with Crippen LogP contribution in [-0.2, 0) is 48.0 Å². The van der Waals surface area contributed by atoms with Crippen LogP contribution in [0.5, 0.6) is 5.75 Å². The zero-order valence-electron chi connectivity index (χ0n) is 42.5. The van der Waals surface area contributed by atoms with Gasteiger partial charge in [-0.05, 0) is 91.7 Å². The number of nitrogens with one attached hydrogen (secondary N) is 4. The number of anilines is 1. The van der Waals surface area contributed by atoms with E-state index in [1.165, 1.54) is 15.9 Å². The highest BCUT2D eigenvalue weighted by Crippen LogP contribution is 2.39. The van der Waals surface area contributed by atoms with Crippen molar-refractivity contribution in [3.63, 3.8) is 0 Å². The minimum absolute atomic E-state index is 0.0536. The van der Waals surface area contributed by atoms with Crippen molar-refractivity contribution in [1.29, 1.82) is 0 Å². The Balaban J connectivity index is 0.895. The summed E-state index contributed by atoms with van der Waals surface area (Å²) in [7, 11) is 0. The van der Waals surface area contributed by atoms with Crippen molar-refractivity contribution in [3.05, 3.63) is 99.9 Å². The van der Waals surface area contributed by atoms with Crippen molar-refractivity contribution >= 4 is 58.6 Å². The lowest BCUT2D eigenvalue weighted by atomic mass is 9.85. The number of para-hydroxylation sites is 1. The first-order valence-electron chi connectivity index (χ1n) is 25.2. The number of likely N-dealkylation sites (tertiary alicyclic amines) is 1. The molecule has 0 saturated carbocycles. The molecule has 20 heteroatoms. The molecule has 0 unspecified atom stereocenters. The molecule has 18 nitrogen and oxygen atoms in total. The van der Waals surface area contributed by atoms with Crippen molar-refractivity contribution in [2.24, 2.45) is 11.1 Å². The lowest BCUT2D eigenvalue weighted by Gasteiger charge is -2.35. The van der Waals surface area contributed by atoms with Crippen LogP contribution in [0.4, 0.5) is 14.9 Å². The molecule has 8 N–H and O–H groups in total. The molecule has 4 aromatic rings. The van der Waals surface area contributed by atoms with E-state index < -0.39 is 83.2 Å². The minimum atomic E-state index is -1.36. The van der Waals surface area contributed by atoms with E-state index in [9.17, 15) is 43.8 Å². The van der Waals surface area contributed by atoms with Gasteiger partial charge in [-0.3, -0.25) is 33.7 Å². The first-order chi connectivity index (χ1) is 35.2. The van der Waals surface area contributed by atoms with Gasteiger partial charge in [0.2, 0.25) is 35.4 Å². The van der Waals surface area contributed by atoms with Gasteiger partial charge >= 0.3 is 6.09 Å². The predicted octanol–water partition coefficient (Wildman–Crippen LogP) is 5.40. The van der Waals surface area contributed by atoms with E-state index in [1.807, 2.05) is 77.1 Å². The van der Waals surface area contributed by atoms with Gasteiger partial charge in [0, 0.05) is 32.2 Å². The molecule has 4 heterocycles. The zero-order valence-corrected chi connectivity index (χ0v) is 43.3. The number of carbonyl (C=O) groups excluding carboxylic acids is 6. The van der Waals surface area contributed by atoms with Crippen LogP contribution in [0.3, 0.4) is 0 Å². The smallest absolute Gasteiger partial charge is 0.405 e. The van der Waals surface area contributed by atoms with Crippen LogP contribution in [0, 0.1) is 18.2 Å². The maximum atomic E-state index is 15.9. The fourth-order valence-corrected chi connectivity index (χ4v) is 10.8. The number of ether oxygens (including phenoxy) is 1. The highest BCUT2D eigenvalue weighted by atomic mass is 32.1. The molecule has 0 bridgehead atoms. The molecule has 74 heavy (non-hydrogen) atoms. The second kappa shape index (κ2) is 24.0. The molecule has 7 atom stereocenters. The van der Waals surface area contributed by atoms with Crippen molar-refractivity contribution in [3.8, 4) is 16.2 Å². The lowest BCUT2D eigenvalue weighted by molar-refractivity contribution is -0.144. The number of aryl methyl sites for hydroxylation is 3. The number of nitrogens with zero attached hydrogens (tertiary/aromatic N) is 3. The number of thiazole rings is 1. The first-order valence-corrected chi connectivity index (χ1v) is 26.1. The Hall–Kier alpha value is -6.93. The van der Waals surface area contributed by atoms with E-state index in [1.54, 1.807) is 29.0 Å². The number of aliphatic hydroxyl groups is 1. The molecule has 7 rings (SSSR count). The molecule has 396 valence electrons. The molecular weight excluding hydrogens is 972 g/mol. The van der Waals surface area contributed by atoms with Gasteiger partial charge in [-0.15, -0.1) is 11.3 Å². The number of amides is 7. The van der Waals surface area contributed by atoms with Gasteiger partial charge in [-0.25, -0.2) is 14.2 Å². The molecule has 0 spiro atoms. The number of halogens is 1. The Bertz CT molecular complexity index is 2730. The van der Waals surface area contributed by atoms with Crippen molar-refractivity contribution < 1.29 is 52.9 Å². The summed E-state index contributed by atoms with van der Waals surface area (Å²) in [6.45, 7) is 8.99. The van der Waals surface area contributed by atoms with Crippen LogP contribution in [0.2, 0.25) is 0 Å². The van der Waals surface area contributed by atoms with Crippen LogP contribution in [0.1, 0.15) is 113 Å². The molecule has 0 aliphatic carbocycles. The van der Waals surface area contributed by atoms with Crippen LogP contribution >= 0.6 is 11.3 Å². The third-order valence-corrected chi connectivity index (χ3v) is 15.0. The van der Waals surface area contributed by atoms with Crippen molar-refractivity contribution in [2.75, 3.05) is 18.1 Å². The summed E-state index contributed by atoms with van der Waals surface area (Å²) in [5, 5.41) is 31.2. The molecule has 3 aliphatic heterocycles. The minimum Gasteiger partial charge on any atom is -0.488 e. The molecule has 1 aromatic heterocycles. The summed E-state index contributed by atoms with van der Waals surface area (Å²) in [5.41, 5.74) is 11.9. The summed E-state index contributed by atoms with van der Waals surface area (Å²) < 4.78 is 21.9. The quantitative estimate of drug-likeness (QED) is 0.0520. The van der Waals surface area contributed by atoms with Crippen LogP contribution in [-0.4, -0.2) is 111 Å². The Kier molecular flexibility index (Phi) is 17.7. The van der Waals surface area contributed by atoms with Crippen LogP contribution in [0.25, 0.3) is 10.4 Å². The number of rotatable bonds is 21. The first kappa shape index (κ1) is 54.8. The van der Waals surface area contributed by atoms with Gasteiger partial charge in [-0.1, -0.05) is 81.8 Å². The number of aliphatic hydroxyl groups excluding tert-OH is 1. The number of unbranched alkanes of at least 4 members (excludes halogenated alkanes) is 2. The summed E-state index contributed by atoms with van der Waals surface area (Å²) in [6, 6.07) is 12.9. The Morgan fingerprint density at radius 2 is 1.65 bits per heavy atom. The van der Waals surface area contributed by atoms with Gasteiger partial charge in [0.05, 0.1) is 40.0 Å². The lowest BCUT2D eigenvalue weighted by Crippen LogP contribution is -2.57. The number of β-amino-alcohol motifs (C(OH)–C–C–N with tert-alkyl or cyclic N) is 1. The number of nitrogens with two attached hydrogens (primary N) is 1. The fraction of sp³-hybridized carbons (Fsp3) is 0.481. The van der Waals surface area contributed by atoms with Gasteiger partial charge in [-0.2, -0.15) is 0 Å². The van der Waals surface area contributed by atoms with Crippen LogP contribution in [0.15, 0.2) is 66.2 Å². The van der Waals surface area contributed by atoms with E-state index in [0.29, 0.717) is 43.4 Å². The highest BCUT2D eigenvalue weighted by molar-refractivity contribution is 7.13. The van der Waals surface area contributed by atoms with E-state index in [-0.39, 0.29) is 69.4 Å². The second-order valence-electron chi connectivity index (χ2n) is 20.6. The summed E-state index contributed by atoms with van der Waals surface area (Å²) in [6.07, 6.45) is 0.484. The van der Waals surface area contributed by atoms with Crippen molar-refractivity contribution in [2.45, 2.75) is 148 Å². The molecule has 1 fully saturated rings. The Labute approximate surface area is 434 Å². The predicted molar refractivity (Wildman–Crippen MR) is 275 cm³/mol. The molecule has 0 radical (unpaired) electrons. The third kappa shape index (κ3) is 13.2. The molecule has 7 amide bonds. The molecule has 3 aliphatic rings. The fourth-order valence-electron chi connectivity index (χ4n) is 10.0. The standard InChI is InChI=1S/C54H67FN8O10S/c1-30(32-17-19-35(20-18-32)47-31(2)57-29-74-47)58-49(67)40-26-38(64)27-62(40)52(70)48(54(3,4)5)61-44(66)16-8-6-7-11-33-12-10-15-42(45(33)55)73-28-37(22-24-43(56)65)59-50(68)41-25-36-14-9-13-34-21-23-39(60-53(71)72)51(69)63(41)46(34)36/h9-10,12-15,17-20,29-30,37-41,48,60,64H,6-8,11,16,21-28H2,1-5H3,(H2,56,65)(H,58,67)(H,59,68)(H,61,66)(H,71,72)/t30-,37-,38+,39-,40-,41-,48+/m0/s1. The van der Waals surface area contributed by atoms with Gasteiger partial charge < -0.3 is 46.9 Å². The monoisotopic (exact) mass is 1040 g/mol. The summed E-state index contributed by atoms with van der Waals surface area (Å²) >= 11 is 1.55. The Morgan fingerprint density at radius 3 is 2.34 bits per heavy atom. The maximum absolute atomic E-state index is 15.9. The zero-order chi connectivity index (χ0) is 53.4. The van der Waals surface area contributed by atoms with Gasteiger partial charge in [0.25, 0.3) is 0 Å². The summed E-state index contributed by atoms with van der Waals surface area (Å²) in [4.78, 5) is 101. The van der Waals surface area contributed by atoms with Crippen LogP contribution < -0.4 is 36.6 Å². The largest absolute Gasteiger partial charge is 0.488 e. The average Bonchev–Trinajstić information content (AvgIpc) is 4.07. The third-order valence-electron chi connectivity index (χ3n) is 14.0. The maximum Gasteiger partial charge on any atom is 0.405 e. The molecule has 3 aromatic carbocycles. The number of carbonyl (C=O) groups is 7. The van der Waals surface area contributed by atoms with E-state index in [0.717, 1.165) is 32.8 Å². The second-order valence-corrected chi connectivity index (χ2v) is 21.4. The van der Waals surface area contributed by atoms with E-state index >= 15 is 4.39 Å². The van der Waals surface area contributed by atoms with Crippen molar-refractivity contribution in [1.82, 2.24) is 31.2 Å². The number of primary amides is 1. The van der Waals surface area contributed by atoms with E-state index in [2.05, 4.69) is 26.3 Å². The number of carboxylic acid groups (broad SMARTS) is 1. The SMILES string of the molecule is Cc1ncsc1-c1ccc([C@H](C)NC(=O)[C@@H]2C[C@@H](O)CN2C(=O)[C@@H](NC(=O)CCCCCc2cccc(OC[C@H](CCC(N)=O)NC(=O)[C@@H]3Cc4cccc5c4N3C(=O)[C@@H](NC(=O)O)CC5)c2F)C(C)(C)C)cc1. The topological polar surface area (TPSA) is 263 Å². The highest BCUT2D eigenvalue weighted by Gasteiger charge is 2.46. The van der Waals surface area contributed by atoms with Gasteiger partial charge in [0.15, 0.2) is 11.6 Å². The molecule has 1 saturated heterocycles. The number of aromatic nitrogens is 1. The summed E-state index contributed by atoms with van der Waals surface area (Å²) in [5.74, 6) is -3.62. The number of hydrogen-bond donors (Lipinski definition) is 7. The average molecular weight is 1040 g/mol. The number of benzene rings is 3.